The molecule has 1 heterocycles. The molecule has 1 aromatic carbocycles. The topological polar surface area (TPSA) is 49.8 Å². The third-order valence-electron chi connectivity index (χ3n) is 5.43. The predicted molar refractivity (Wildman–Crippen MR) is 91.6 cm³/mol. The number of amides is 1. The number of likely N-dealkylation sites (tertiary alicyclic amines) is 1. The van der Waals surface area contributed by atoms with E-state index in [1.54, 1.807) is 7.11 Å². The van der Waals surface area contributed by atoms with Gasteiger partial charge in [-0.3, -0.25) is 4.79 Å². The Labute approximate surface area is 143 Å². The lowest BCUT2D eigenvalue weighted by Crippen LogP contribution is -2.30. The van der Waals surface area contributed by atoms with Crippen molar-refractivity contribution in [3.8, 4) is 5.75 Å². The minimum Gasteiger partial charge on any atom is -0.497 e. The average Bonchev–Trinajstić information content (AvgIpc) is 3.50. The maximum absolute atomic E-state index is 12.9. The van der Waals surface area contributed by atoms with Crippen LogP contribution in [0.4, 0.5) is 0 Å². The van der Waals surface area contributed by atoms with E-state index in [4.69, 9.17) is 4.74 Å². The molecule has 1 aromatic rings. The zero-order valence-corrected chi connectivity index (χ0v) is 14.1. The van der Waals surface area contributed by atoms with Gasteiger partial charge in [0, 0.05) is 12.6 Å². The lowest BCUT2D eigenvalue weighted by Gasteiger charge is -2.24. The summed E-state index contributed by atoms with van der Waals surface area (Å²) in [6.45, 7) is 0.416. The Morgan fingerprint density at radius 2 is 1.96 bits per heavy atom. The highest BCUT2D eigenvalue weighted by Gasteiger charge is 2.39. The van der Waals surface area contributed by atoms with Crippen LogP contribution >= 0.6 is 0 Å². The smallest absolute Gasteiger partial charge is 0.247 e. The lowest BCUT2D eigenvalue weighted by atomic mass is 10.0. The molecule has 2 aliphatic carbocycles. The molecule has 1 N–H and O–H groups in total. The standard InChI is InChI=1S/C20H25NO3/c1-24-17-4-2-3-15(9-17)19-10-16(22)12-21(19)20(23)11-18(13-5-6-13)14-7-8-14/h2-4,9,11,13-14,16,19,22H,5-8,10,12H2,1H3. The van der Waals surface area contributed by atoms with Crippen LogP contribution in [0.5, 0.6) is 5.75 Å². The molecule has 2 atom stereocenters. The van der Waals surface area contributed by atoms with Crippen LogP contribution in [0.15, 0.2) is 35.9 Å². The Bertz CT molecular complexity index is 647. The molecule has 0 radical (unpaired) electrons. The van der Waals surface area contributed by atoms with Crippen LogP contribution < -0.4 is 4.74 Å². The number of nitrogens with zero attached hydrogens (tertiary/aromatic N) is 1. The first-order chi connectivity index (χ1) is 11.7. The maximum atomic E-state index is 12.9. The van der Waals surface area contributed by atoms with Gasteiger partial charge in [-0.2, -0.15) is 0 Å². The molecule has 2 saturated carbocycles. The van der Waals surface area contributed by atoms with Gasteiger partial charge in [0.05, 0.1) is 19.3 Å². The van der Waals surface area contributed by atoms with E-state index in [0.29, 0.717) is 24.8 Å². The first-order valence-corrected chi connectivity index (χ1v) is 9.00. The van der Waals surface area contributed by atoms with E-state index in [0.717, 1.165) is 11.3 Å². The third kappa shape index (κ3) is 3.20. The van der Waals surface area contributed by atoms with Crippen molar-refractivity contribution in [3.63, 3.8) is 0 Å². The first kappa shape index (κ1) is 15.7. The second kappa shape index (κ2) is 6.25. The number of allylic oxidation sites excluding steroid dienone is 1. The number of aliphatic hydroxyl groups is 1. The van der Waals surface area contributed by atoms with Crippen molar-refractivity contribution in [1.29, 1.82) is 0 Å². The summed E-state index contributed by atoms with van der Waals surface area (Å²) in [6, 6.07) is 7.75. The number of rotatable bonds is 5. The van der Waals surface area contributed by atoms with E-state index in [1.165, 1.54) is 31.3 Å². The van der Waals surface area contributed by atoms with Crippen LogP contribution in [-0.4, -0.2) is 35.7 Å². The van der Waals surface area contributed by atoms with Crippen molar-refractivity contribution in [3.05, 3.63) is 41.5 Å². The molecule has 24 heavy (non-hydrogen) atoms. The highest BCUT2D eigenvalue weighted by atomic mass is 16.5. The molecule has 4 nitrogen and oxygen atoms in total. The summed E-state index contributed by atoms with van der Waals surface area (Å²) < 4.78 is 5.30. The van der Waals surface area contributed by atoms with E-state index >= 15 is 0 Å². The van der Waals surface area contributed by atoms with Crippen LogP contribution in [0.3, 0.4) is 0 Å². The van der Waals surface area contributed by atoms with Crippen LogP contribution in [0.1, 0.15) is 43.7 Å². The molecular formula is C20H25NO3. The first-order valence-electron chi connectivity index (χ1n) is 9.00. The van der Waals surface area contributed by atoms with Crippen molar-refractivity contribution in [1.82, 2.24) is 4.90 Å². The van der Waals surface area contributed by atoms with E-state index < -0.39 is 6.10 Å². The molecule has 1 saturated heterocycles. The van der Waals surface area contributed by atoms with Gasteiger partial charge < -0.3 is 14.7 Å². The molecule has 4 heteroatoms. The van der Waals surface area contributed by atoms with Crippen LogP contribution in [-0.2, 0) is 4.79 Å². The summed E-state index contributed by atoms with van der Waals surface area (Å²) in [5.41, 5.74) is 2.40. The Balaban J connectivity index is 1.57. The molecule has 3 fully saturated rings. The number of hydrogen-bond donors (Lipinski definition) is 1. The van der Waals surface area contributed by atoms with Gasteiger partial charge in [0.15, 0.2) is 0 Å². The Hall–Kier alpha value is -1.81. The van der Waals surface area contributed by atoms with Gasteiger partial charge in [-0.1, -0.05) is 17.7 Å². The highest BCUT2D eigenvalue weighted by molar-refractivity contribution is 5.89. The second-order valence-corrected chi connectivity index (χ2v) is 7.37. The number of hydrogen-bond acceptors (Lipinski definition) is 3. The van der Waals surface area contributed by atoms with Gasteiger partial charge in [-0.05, 0) is 61.6 Å². The van der Waals surface area contributed by atoms with Gasteiger partial charge in [-0.15, -0.1) is 0 Å². The summed E-state index contributed by atoms with van der Waals surface area (Å²) in [4.78, 5) is 14.7. The third-order valence-corrected chi connectivity index (χ3v) is 5.43. The minimum absolute atomic E-state index is 0.0631. The molecule has 128 valence electrons. The summed E-state index contributed by atoms with van der Waals surface area (Å²) in [7, 11) is 1.64. The predicted octanol–water partition coefficient (Wildman–Crippen LogP) is 3.08. The van der Waals surface area contributed by atoms with Crippen molar-refractivity contribution < 1.29 is 14.6 Å². The van der Waals surface area contributed by atoms with E-state index in [-0.39, 0.29) is 11.9 Å². The van der Waals surface area contributed by atoms with Crippen LogP contribution in [0, 0.1) is 11.8 Å². The zero-order valence-electron chi connectivity index (χ0n) is 14.1. The average molecular weight is 327 g/mol. The Morgan fingerprint density at radius 3 is 2.58 bits per heavy atom. The molecule has 0 aromatic heterocycles. The number of methoxy groups -OCH3 is 1. The second-order valence-electron chi connectivity index (χ2n) is 7.37. The van der Waals surface area contributed by atoms with Crippen molar-refractivity contribution in [2.45, 2.75) is 44.2 Å². The van der Waals surface area contributed by atoms with Gasteiger partial charge >= 0.3 is 0 Å². The molecular weight excluding hydrogens is 302 g/mol. The molecule has 4 rings (SSSR count). The quantitative estimate of drug-likeness (QED) is 0.846. The largest absolute Gasteiger partial charge is 0.497 e. The highest BCUT2D eigenvalue weighted by Crippen LogP contribution is 2.49. The summed E-state index contributed by atoms with van der Waals surface area (Å²) in [5, 5.41) is 10.1. The number of β-amino-alcohol motifs (C(OH)–C–C–N with tert-alkyl or cyclic N) is 1. The van der Waals surface area contributed by atoms with Crippen molar-refractivity contribution >= 4 is 5.91 Å². The Morgan fingerprint density at radius 1 is 1.25 bits per heavy atom. The fourth-order valence-corrected chi connectivity index (χ4v) is 3.85. The normalized spacial score (nSPS) is 26.3. The maximum Gasteiger partial charge on any atom is 0.247 e. The molecule has 1 amide bonds. The fraction of sp³-hybridized carbons (Fsp3) is 0.550. The van der Waals surface area contributed by atoms with Gasteiger partial charge in [0.2, 0.25) is 5.91 Å². The number of carbonyl (C=O) groups is 1. The zero-order chi connectivity index (χ0) is 16.7. The van der Waals surface area contributed by atoms with E-state index in [2.05, 4.69) is 0 Å². The summed E-state index contributed by atoms with van der Waals surface area (Å²) in [5.74, 6) is 2.13. The molecule has 0 bridgehead atoms. The molecule has 1 aliphatic heterocycles. The minimum atomic E-state index is -0.455. The fourth-order valence-electron chi connectivity index (χ4n) is 3.85. The van der Waals surface area contributed by atoms with Crippen LogP contribution in [0.2, 0.25) is 0 Å². The number of carbonyl (C=O) groups excluding carboxylic acids is 1. The number of ether oxygens (including phenoxy) is 1. The van der Waals surface area contributed by atoms with Crippen molar-refractivity contribution in [2.75, 3.05) is 13.7 Å². The lowest BCUT2D eigenvalue weighted by molar-refractivity contribution is -0.127. The van der Waals surface area contributed by atoms with Crippen molar-refractivity contribution in [2.24, 2.45) is 11.8 Å². The molecule has 2 unspecified atom stereocenters. The van der Waals surface area contributed by atoms with E-state index in [1.807, 2.05) is 35.2 Å². The Kier molecular flexibility index (Phi) is 4.09. The van der Waals surface area contributed by atoms with Gasteiger partial charge in [0.25, 0.3) is 0 Å². The summed E-state index contributed by atoms with van der Waals surface area (Å²) >= 11 is 0. The number of aliphatic hydroxyl groups excluding tert-OH is 1. The number of benzene rings is 1. The monoisotopic (exact) mass is 327 g/mol. The molecule has 0 spiro atoms. The van der Waals surface area contributed by atoms with Gasteiger partial charge in [0.1, 0.15) is 5.75 Å². The summed E-state index contributed by atoms with van der Waals surface area (Å²) in [6.07, 6.45) is 6.96. The van der Waals surface area contributed by atoms with Crippen LogP contribution in [0.25, 0.3) is 0 Å². The van der Waals surface area contributed by atoms with Gasteiger partial charge in [-0.25, -0.2) is 0 Å². The van der Waals surface area contributed by atoms with E-state index in [9.17, 15) is 9.90 Å². The SMILES string of the molecule is COc1cccc(C2CC(O)CN2C(=O)C=C(C2CC2)C2CC2)c1. The molecule has 3 aliphatic rings.